The predicted octanol–water partition coefficient (Wildman–Crippen LogP) is 1.89. The second kappa shape index (κ2) is 5.63. The summed E-state index contributed by atoms with van der Waals surface area (Å²) in [5, 5.41) is -0.939. The van der Waals surface area contributed by atoms with Crippen LogP contribution in [0.5, 0.6) is 5.75 Å². The number of nitrogens with zero attached hydrogens (tertiary/aromatic N) is 1. The van der Waals surface area contributed by atoms with Gasteiger partial charge in [-0.3, -0.25) is 9.59 Å². The van der Waals surface area contributed by atoms with E-state index < -0.39 is 11.1 Å². The summed E-state index contributed by atoms with van der Waals surface area (Å²) >= 11 is 6.90. The SMILES string of the molecule is COc1ccc2c(c1)CN(C(=O)C(=O)Cl)CCS2. The molecule has 0 spiro atoms. The van der Waals surface area contributed by atoms with E-state index in [0.29, 0.717) is 13.1 Å². The molecule has 0 N–H and O–H groups in total. The van der Waals surface area contributed by atoms with E-state index in [2.05, 4.69) is 0 Å². The van der Waals surface area contributed by atoms with Crippen LogP contribution in [0.3, 0.4) is 0 Å². The fourth-order valence-electron chi connectivity index (χ4n) is 1.80. The number of amides is 1. The van der Waals surface area contributed by atoms with E-state index in [4.69, 9.17) is 16.3 Å². The van der Waals surface area contributed by atoms with Gasteiger partial charge in [-0.2, -0.15) is 0 Å². The molecule has 1 aliphatic rings. The van der Waals surface area contributed by atoms with Crippen molar-refractivity contribution in [2.45, 2.75) is 11.4 Å². The van der Waals surface area contributed by atoms with Crippen molar-refractivity contribution >= 4 is 34.5 Å². The normalized spacial score (nSPS) is 14.7. The molecule has 0 saturated heterocycles. The lowest BCUT2D eigenvalue weighted by molar-refractivity contribution is -0.141. The maximum Gasteiger partial charge on any atom is 0.310 e. The van der Waals surface area contributed by atoms with Crippen molar-refractivity contribution in [2.75, 3.05) is 19.4 Å². The van der Waals surface area contributed by atoms with Gasteiger partial charge >= 0.3 is 11.1 Å². The molecule has 1 aromatic carbocycles. The summed E-state index contributed by atoms with van der Waals surface area (Å²) in [7, 11) is 1.59. The maximum atomic E-state index is 11.6. The number of rotatable bonds is 2. The van der Waals surface area contributed by atoms with Gasteiger partial charge in [-0.1, -0.05) is 0 Å². The standard InChI is InChI=1S/C12H12ClNO3S/c1-17-9-2-3-10-8(6-9)7-14(4-5-18-10)12(16)11(13)15/h2-3,6H,4-5,7H2,1H3. The molecule has 96 valence electrons. The van der Waals surface area contributed by atoms with Gasteiger partial charge in [0.15, 0.2) is 0 Å². The molecule has 0 aromatic heterocycles. The number of halogens is 1. The van der Waals surface area contributed by atoms with Crippen LogP contribution in [-0.4, -0.2) is 35.5 Å². The Morgan fingerprint density at radius 1 is 1.44 bits per heavy atom. The molecular weight excluding hydrogens is 274 g/mol. The van der Waals surface area contributed by atoms with Crippen molar-refractivity contribution in [3.8, 4) is 5.75 Å². The van der Waals surface area contributed by atoms with Gasteiger partial charge in [0.2, 0.25) is 0 Å². The molecule has 4 nitrogen and oxygen atoms in total. The average molecular weight is 286 g/mol. The molecule has 6 heteroatoms. The highest BCUT2D eigenvalue weighted by Crippen LogP contribution is 2.30. The first-order valence-corrected chi connectivity index (χ1v) is 6.76. The van der Waals surface area contributed by atoms with Crippen molar-refractivity contribution in [3.05, 3.63) is 23.8 Å². The first-order chi connectivity index (χ1) is 8.61. The Labute approximate surface area is 114 Å². The number of methoxy groups -OCH3 is 1. The summed E-state index contributed by atoms with van der Waals surface area (Å²) in [5.74, 6) is 0.837. The summed E-state index contributed by atoms with van der Waals surface area (Å²) < 4.78 is 5.16. The van der Waals surface area contributed by atoms with E-state index in [1.807, 2.05) is 18.2 Å². The predicted molar refractivity (Wildman–Crippen MR) is 70.0 cm³/mol. The lowest BCUT2D eigenvalue weighted by Gasteiger charge is -2.18. The van der Waals surface area contributed by atoms with Crippen molar-refractivity contribution < 1.29 is 14.3 Å². The molecule has 1 amide bonds. The molecule has 0 bridgehead atoms. The van der Waals surface area contributed by atoms with Gasteiger partial charge in [0.05, 0.1) is 7.11 Å². The van der Waals surface area contributed by atoms with Gasteiger partial charge in [-0.15, -0.1) is 11.8 Å². The number of ether oxygens (including phenoxy) is 1. The van der Waals surface area contributed by atoms with Crippen molar-refractivity contribution in [1.82, 2.24) is 4.90 Å². The Bertz CT molecular complexity index is 492. The van der Waals surface area contributed by atoms with E-state index >= 15 is 0 Å². The second-order valence-corrected chi connectivity index (χ2v) is 5.30. The first-order valence-electron chi connectivity index (χ1n) is 5.40. The molecule has 1 aromatic rings. The molecule has 0 atom stereocenters. The Kier molecular flexibility index (Phi) is 4.14. The third-order valence-electron chi connectivity index (χ3n) is 2.70. The van der Waals surface area contributed by atoms with Gasteiger partial charge < -0.3 is 9.64 Å². The number of benzene rings is 1. The number of hydrogen-bond donors (Lipinski definition) is 0. The molecule has 18 heavy (non-hydrogen) atoms. The molecule has 1 heterocycles. The summed E-state index contributed by atoms with van der Waals surface area (Å²) in [6.07, 6.45) is 0. The average Bonchev–Trinajstić information content (AvgIpc) is 2.58. The fourth-order valence-corrected chi connectivity index (χ4v) is 2.92. The molecule has 1 aliphatic heterocycles. The lowest BCUT2D eigenvalue weighted by Crippen LogP contribution is -2.35. The fraction of sp³-hybridized carbons (Fsp3) is 0.333. The first kappa shape index (κ1) is 13.2. The van der Waals surface area contributed by atoms with Crippen molar-refractivity contribution in [3.63, 3.8) is 0 Å². The highest BCUT2D eigenvalue weighted by Gasteiger charge is 2.23. The number of thioether (sulfide) groups is 1. The zero-order valence-corrected chi connectivity index (χ0v) is 11.4. The quantitative estimate of drug-likeness (QED) is 0.615. The van der Waals surface area contributed by atoms with E-state index in [0.717, 1.165) is 22.0 Å². The zero-order chi connectivity index (χ0) is 13.1. The molecular formula is C12H12ClNO3S. The smallest absolute Gasteiger partial charge is 0.310 e. The van der Waals surface area contributed by atoms with Crippen LogP contribution in [0.15, 0.2) is 23.1 Å². The topological polar surface area (TPSA) is 46.6 Å². The third kappa shape index (κ3) is 2.79. The molecule has 2 rings (SSSR count). The lowest BCUT2D eigenvalue weighted by atomic mass is 10.2. The number of carbonyl (C=O) groups excluding carboxylic acids is 2. The molecule has 0 saturated carbocycles. The number of fused-ring (bicyclic) bond motifs is 1. The molecule has 0 fully saturated rings. The molecule has 0 radical (unpaired) electrons. The number of carbonyl (C=O) groups is 2. The minimum Gasteiger partial charge on any atom is -0.497 e. The summed E-state index contributed by atoms with van der Waals surface area (Å²) in [6.45, 7) is 0.899. The van der Waals surface area contributed by atoms with Crippen molar-refractivity contribution in [1.29, 1.82) is 0 Å². The second-order valence-electron chi connectivity index (χ2n) is 3.82. The molecule has 0 unspecified atom stereocenters. The minimum absolute atomic E-state index is 0.386. The van der Waals surface area contributed by atoms with Gasteiger partial charge in [0, 0.05) is 23.7 Å². The Morgan fingerprint density at radius 2 is 2.22 bits per heavy atom. The third-order valence-corrected chi connectivity index (χ3v) is 3.96. The molecule has 0 aliphatic carbocycles. The number of hydrogen-bond acceptors (Lipinski definition) is 4. The van der Waals surface area contributed by atoms with Gasteiger partial charge in [0.1, 0.15) is 5.75 Å². The van der Waals surface area contributed by atoms with Crippen LogP contribution >= 0.6 is 23.4 Å². The highest BCUT2D eigenvalue weighted by atomic mass is 35.5. The largest absolute Gasteiger partial charge is 0.497 e. The minimum atomic E-state index is -0.939. The van der Waals surface area contributed by atoms with Gasteiger partial charge in [-0.25, -0.2) is 0 Å². The van der Waals surface area contributed by atoms with E-state index in [1.165, 1.54) is 4.90 Å². The van der Waals surface area contributed by atoms with Crippen LogP contribution in [0, 0.1) is 0 Å². The van der Waals surface area contributed by atoms with Crippen molar-refractivity contribution in [2.24, 2.45) is 0 Å². The van der Waals surface area contributed by atoms with Crippen LogP contribution in [0.4, 0.5) is 0 Å². The summed E-state index contributed by atoms with van der Waals surface area (Å²) in [6, 6.07) is 5.73. The Balaban J connectivity index is 2.27. The summed E-state index contributed by atoms with van der Waals surface area (Å²) in [5.41, 5.74) is 0.975. The van der Waals surface area contributed by atoms with E-state index in [9.17, 15) is 9.59 Å². The Hall–Kier alpha value is -1.20. The van der Waals surface area contributed by atoms with Crippen LogP contribution in [-0.2, 0) is 16.1 Å². The van der Waals surface area contributed by atoms with Crippen LogP contribution in [0.1, 0.15) is 5.56 Å². The van der Waals surface area contributed by atoms with Crippen LogP contribution in [0.2, 0.25) is 0 Å². The van der Waals surface area contributed by atoms with E-state index in [-0.39, 0.29) is 0 Å². The van der Waals surface area contributed by atoms with Crippen LogP contribution in [0.25, 0.3) is 0 Å². The van der Waals surface area contributed by atoms with E-state index in [1.54, 1.807) is 18.9 Å². The Morgan fingerprint density at radius 3 is 2.89 bits per heavy atom. The zero-order valence-electron chi connectivity index (χ0n) is 9.81. The van der Waals surface area contributed by atoms with Crippen LogP contribution < -0.4 is 4.74 Å². The monoisotopic (exact) mass is 285 g/mol. The summed E-state index contributed by atoms with van der Waals surface area (Å²) in [4.78, 5) is 25.1. The van der Waals surface area contributed by atoms with Gasteiger partial charge in [0.25, 0.3) is 0 Å². The maximum absolute atomic E-state index is 11.6. The highest BCUT2D eigenvalue weighted by molar-refractivity contribution is 7.99. The van der Waals surface area contributed by atoms with Gasteiger partial charge in [-0.05, 0) is 35.4 Å².